The summed E-state index contributed by atoms with van der Waals surface area (Å²) >= 11 is 0. The summed E-state index contributed by atoms with van der Waals surface area (Å²) in [5.74, 6) is -2.73. The zero-order valence-electron chi connectivity index (χ0n) is 11.8. The summed E-state index contributed by atoms with van der Waals surface area (Å²) < 4.78 is 13.1. The molecule has 0 fully saturated rings. The Hall–Kier alpha value is -3.28. The van der Waals surface area contributed by atoms with Gasteiger partial charge < -0.3 is 5.73 Å². The molecule has 0 saturated carbocycles. The standard InChI is InChI=1S/C17H11FN2O3/c18-11-4-1-3-10(9-11)7-8-14(21)20-16(22)12-5-2-6-13(19)15(12)17(20)23/h1-9H,19H2. The Morgan fingerprint density at radius 1 is 1.09 bits per heavy atom. The zero-order valence-corrected chi connectivity index (χ0v) is 11.8. The van der Waals surface area contributed by atoms with Crippen molar-refractivity contribution in [2.75, 3.05) is 5.73 Å². The smallest absolute Gasteiger partial charge is 0.270 e. The number of imide groups is 3. The maximum atomic E-state index is 13.1. The molecule has 0 bridgehead atoms. The predicted octanol–water partition coefficient (Wildman–Crippen LogP) is 2.24. The summed E-state index contributed by atoms with van der Waals surface area (Å²) in [6, 6.07) is 10.0. The number of nitrogens with two attached hydrogens (primary N) is 1. The first-order chi connectivity index (χ1) is 11.0. The molecule has 6 heteroatoms. The molecule has 0 radical (unpaired) electrons. The first-order valence-corrected chi connectivity index (χ1v) is 6.74. The van der Waals surface area contributed by atoms with Crippen molar-refractivity contribution < 1.29 is 18.8 Å². The van der Waals surface area contributed by atoms with Crippen molar-refractivity contribution in [2.45, 2.75) is 0 Å². The van der Waals surface area contributed by atoms with Crippen LogP contribution in [-0.4, -0.2) is 22.6 Å². The number of hydrogen-bond acceptors (Lipinski definition) is 4. The van der Waals surface area contributed by atoms with Gasteiger partial charge in [0.05, 0.1) is 11.1 Å². The Labute approximate surface area is 130 Å². The second kappa shape index (κ2) is 5.49. The van der Waals surface area contributed by atoms with Crippen LogP contribution in [0.4, 0.5) is 10.1 Å². The third-order valence-electron chi connectivity index (χ3n) is 3.43. The molecular formula is C17H11FN2O3. The number of nitrogens with zero attached hydrogens (tertiary/aromatic N) is 1. The van der Waals surface area contributed by atoms with Gasteiger partial charge in [0.25, 0.3) is 17.7 Å². The van der Waals surface area contributed by atoms with Crippen LogP contribution >= 0.6 is 0 Å². The number of nitrogen functional groups attached to an aromatic ring is 1. The van der Waals surface area contributed by atoms with Crippen LogP contribution in [0.15, 0.2) is 48.5 Å². The van der Waals surface area contributed by atoms with Gasteiger partial charge >= 0.3 is 0 Å². The lowest BCUT2D eigenvalue weighted by Crippen LogP contribution is -2.34. The molecule has 1 aliphatic rings. The van der Waals surface area contributed by atoms with Gasteiger partial charge in [-0.05, 0) is 35.9 Å². The fourth-order valence-electron chi connectivity index (χ4n) is 2.36. The van der Waals surface area contributed by atoms with E-state index < -0.39 is 23.5 Å². The van der Waals surface area contributed by atoms with Crippen LogP contribution in [0.3, 0.4) is 0 Å². The molecule has 2 aromatic rings. The Morgan fingerprint density at radius 3 is 2.52 bits per heavy atom. The minimum atomic E-state index is -0.806. The van der Waals surface area contributed by atoms with Crippen molar-refractivity contribution in [3.63, 3.8) is 0 Å². The SMILES string of the molecule is Nc1cccc2c1C(=O)N(C(=O)C=Cc1cccc(F)c1)C2=O. The summed E-state index contributed by atoms with van der Waals surface area (Å²) in [5.41, 5.74) is 6.41. The monoisotopic (exact) mass is 310 g/mol. The van der Waals surface area contributed by atoms with Crippen molar-refractivity contribution in [1.82, 2.24) is 4.90 Å². The van der Waals surface area contributed by atoms with Crippen molar-refractivity contribution in [2.24, 2.45) is 0 Å². The Morgan fingerprint density at radius 2 is 1.83 bits per heavy atom. The highest BCUT2D eigenvalue weighted by molar-refractivity contribution is 6.32. The van der Waals surface area contributed by atoms with E-state index in [1.165, 1.54) is 42.5 Å². The Kier molecular flexibility index (Phi) is 3.50. The van der Waals surface area contributed by atoms with Gasteiger partial charge in [-0.1, -0.05) is 18.2 Å². The maximum absolute atomic E-state index is 13.1. The number of fused-ring (bicyclic) bond motifs is 1. The van der Waals surface area contributed by atoms with Crippen LogP contribution in [0.5, 0.6) is 0 Å². The zero-order chi connectivity index (χ0) is 16.6. The molecule has 23 heavy (non-hydrogen) atoms. The highest BCUT2D eigenvalue weighted by Crippen LogP contribution is 2.27. The molecule has 0 spiro atoms. The molecule has 1 aliphatic heterocycles. The summed E-state index contributed by atoms with van der Waals surface area (Å²) in [6.07, 6.45) is 2.38. The number of anilines is 1. The molecule has 0 atom stereocenters. The van der Waals surface area contributed by atoms with Gasteiger partial charge in [0.2, 0.25) is 0 Å². The fourth-order valence-corrected chi connectivity index (χ4v) is 2.36. The average molecular weight is 310 g/mol. The molecule has 3 amide bonds. The van der Waals surface area contributed by atoms with E-state index in [1.807, 2.05) is 0 Å². The van der Waals surface area contributed by atoms with Crippen LogP contribution in [0.2, 0.25) is 0 Å². The topological polar surface area (TPSA) is 80.5 Å². The van der Waals surface area contributed by atoms with E-state index in [4.69, 9.17) is 5.73 Å². The Bertz CT molecular complexity index is 874. The van der Waals surface area contributed by atoms with Crippen molar-refractivity contribution >= 4 is 29.5 Å². The molecule has 0 saturated heterocycles. The summed E-state index contributed by atoms with van der Waals surface area (Å²) in [6.45, 7) is 0. The molecule has 5 nitrogen and oxygen atoms in total. The van der Waals surface area contributed by atoms with Gasteiger partial charge in [0, 0.05) is 11.8 Å². The minimum absolute atomic E-state index is 0.0324. The number of halogens is 1. The second-order valence-electron chi connectivity index (χ2n) is 4.94. The van der Waals surface area contributed by atoms with Crippen LogP contribution in [-0.2, 0) is 4.79 Å². The van der Waals surface area contributed by atoms with E-state index >= 15 is 0 Å². The molecule has 2 N–H and O–H groups in total. The van der Waals surface area contributed by atoms with E-state index in [-0.39, 0.29) is 16.8 Å². The molecule has 114 valence electrons. The predicted molar refractivity (Wildman–Crippen MR) is 81.8 cm³/mol. The molecule has 3 rings (SSSR count). The maximum Gasteiger partial charge on any atom is 0.270 e. The van der Waals surface area contributed by atoms with Gasteiger partial charge in [-0.25, -0.2) is 9.29 Å². The summed E-state index contributed by atoms with van der Waals surface area (Å²) in [4.78, 5) is 37.1. The van der Waals surface area contributed by atoms with Crippen molar-refractivity contribution in [3.8, 4) is 0 Å². The third-order valence-corrected chi connectivity index (χ3v) is 3.43. The lowest BCUT2D eigenvalue weighted by molar-refractivity contribution is -0.121. The normalized spacial score (nSPS) is 13.7. The lowest BCUT2D eigenvalue weighted by atomic mass is 10.1. The number of benzene rings is 2. The van der Waals surface area contributed by atoms with Gasteiger partial charge in [-0.2, -0.15) is 0 Å². The lowest BCUT2D eigenvalue weighted by Gasteiger charge is -2.08. The number of carbonyl (C=O) groups excluding carboxylic acids is 3. The second-order valence-corrected chi connectivity index (χ2v) is 4.94. The molecule has 2 aromatic carbocycles. The number of carbonyl (C=O) groups is 3. The highest BCUT2D eigenvalue weighted by atomic mass is 19.1. The van der Waals surface area contributed by atoms with Crippen LogP contribution in [0.1, 0.15) is 26.3 Å². The van der Waals surface area contributed by atoms with Gasteiger partial charge in [0.1, 0.15) is 5.82 Å². The molecule has 0 unspecified atom stereocenters. The largest absolute Gasteiger partial charge is 0.398 e. The molecular weight excluding hydrogens is 299 g/mol. The fraction of sp³-hybridized carbons (Fsp3) is 0. The number of hydrogen-bond donors (Lipinski definition) is 1. The Balaban J connectivity index is 1.88. The summed E-state index contributed by atoms with van der Waals surface area (Å²) in [7, 11) is 0. The molecule has 1 heterocycles. The summed E-state index contributed by atoms with van der Waals surface area (Å²) in [5, 5.41) is 0. The average Bonchev–Trinajstić information content (AvgIpc) is 2.78. The van der Waals surface area contributed by atoms with Gasteiger partial charge in [-0.3, -0.25) is 14.4 Å². The van der Waals surface area contributed by atoms with Crippen molar-refractivity contribution in [1.29, 1.82) is 0 Å². The molecule has 0 aromatic heterocycles. The van der Waals surface area contributed by atoms with E-state index in [2.05, 4.69) is 0 Å². The van der Waals surface area contributed by atoms with Gasteiger partial charge in [-0.15, -0.1) is 0 Å². The van der Waals surface area contributed by atoms with Crippen LogP contribution < -0.4 is 5.73 Å². The third kappa shape index (κ3) is 2.50. The van der Waals surface area contributed by atoms with Gasteiger partial charge in [0.15, 0.2) is 0 Å². The van der Waals surface area contributed by atoms with Crippen molar-refractivity contribution in [3.05, 3.63) is 71.0 Å². The quantitative estimate of drug-likeness (QED) is 0.524. The first-order valence-electron chi connectivity index (χ1n) is 6.74. The van der Waals surface area contributed by atoms with Crippen LogP contribution in [0, 0.1) is 5.82 Å². The number of amides is 3. The van der Waals surface area contributed by atoms with E-state index in [9.17, 15) is 18.8 Å². The minimum Gasteiger partial charge on any atom is -0.398 e. The highest BCUT2D eigenvalue weighted by Gasteiger charge is 2.40. The van der Waals surface area contributed by atoms with E-state index in [0.717, 1.165) is 6.08 Å². The van der Waals surface area contributed by atoms with E-state index in [0.29, 0.717) is 10.5 Å². The van der Waals surface area contributed by atoms with Crippen LogP contribution in [0.25, 0.3) is 6.08 Å². The first kappa shape index (κ1) is 14.6. The van der Waals surface area contributed by atoms with E-state index in [1.54, 1.807) is 6.07 Å². The molecule has 0 aliphatic carbocycles. The number of rotatable bonds is 2.